The molecular formula is C35H44O5. The molecule has 0 bridgehead atoms. The third-order valence-electron chi connectivity index (χ3n) is 6.98. The monoisotopic (exact) mass is 544 g/mol. The lowest BCUT2D eigenvalue weighted by Crippen LogP contribution is -2.47. The summed E-state index contributed by atoms with van der Waals surface area (Å²) in [4.78, 5) is 28.0. The zero-order valence-corrected chi connectivity index (χ0v) is 24.9. The molecule has 214 valence electrons. The minimum absolute atomic E-state index is 0.0253. The van der Waals surface area contributed by atoms with Crippen LogP contribution in [0, 0.1) is 11.8 Å². The third-order valence-corrected chi connectivity index (χ3v) is 6.98. The van der Waals surface area contributed by atoms with E-state index in [0.717, 1.165) is 16.7 Å². The van der Waals surface area contributed by atoms with Crippen molar-refractivity contribution in [1.82, 2.24) is 0 Å². The number of hydrogen-bond donors (Lipinski definition) is 1. The van der Waals surface area contributed by atoms with Gasteiger partial charge in [-0.1, -0.05) is 97.9 Å². The largest absolute Gasteiger partial charge is 0.460 e. The molecule has 0 aliphatic rings. The van der Waals surface area contributed by atoms with Gasteiger partial charge in [0.25, 0.3) is 0 Å². The van der Waals surface area contributed by atoms with Gasteiger partial charge in [-0.2, -0.15) is 0 Å². The van der Waals surface area contributed by atoms with Gasteiger partial charge in [0.15, 0.2) is 0 Å². The molecule has 3 aromatic rings. The molecule has 3 rings (SSSR count). The molecule has 0 heterocycles. The summed E-state index contributed by atoms with van der Waals surface area (Å²) in [6.45, 7) is 12.7. The Labute approximate surface area is 239 Å². The molecule has 0 aliphatic heterocycles. The molecule has 3 unspecified atom stereocenters. The Bertz CT molecular complexity index is 1130. The standard InChI is InChI=1S/C35H44O5/c1-8-30(36)28(31(37)39-33(2,3)4)24-29(32(38)40-34(5,6)7)35(25-18-12-9-13-19-25,26-20-14-10-15-21-26)27-22-16-11-17-23-27/h9-23,28-30,36H,8,24H2,1-7H3. The van der Waals surface area contributed by atoms with Crippen molar-refractivity contribution in [3.05, 3.63) is 108 Å². The number of carbonyl (C=O) groups is 2. The van der Waals surface area contributed by atoms with E-state index in [1.165, 1.54) is 0 Å². The van der Waals surface area contributed by atoms with Crippen LogP contribution in [0.1, 0.15) is 78.0 Å². The SMILES string of the molecule is CCC(O)C(CC(C(=O)OC(C)(C)C)C(c1ccccc1)(c1ccccc1)c1ccccc1)C(=O)OC(C)(C)C. The Morgan fingerprint density at radius 3 is 1.32 bits per heavy atom. The van der Waals surface area contributed by atoms with Crippen molar-refractivity contribution in [3.63, 3.8) is 0 Å². The van der Waals surface area contributed by atoms with Gasteiger partial charge < -0.3 is 14.6 Å². The van der Waals surface area contributed by atoms with Crippen molar-refractivity contribution in [2.75, 3.05) is 0 Å². The van der Waals surface area contributed by atoms with Gasteiger partial charge in [-0.3, -0.25) is 9.59 Å². The first kappa shape index (κ1) is 31.1. The third kappa shape index (κ3) is 7.39. The van der Waals surface area contributed by atoms with Crippen molar-refractivity contribution >= 4 is 11.9 Å². The maximum absolute atomic E-state index is 14.4. The van der Waals surface area contributed by atoms with Gasteiger partial charge >= 0.3 is 11.9 Å². The summed E-state index contributed by atoms with van der Waals surface area (Å²) >= 11 is 0. The highest BCUT2D eigenvalue weighted by Gasteiger charge is 2.51. The Morgan fingerprint density at radius 2 is 1.00 bits per heavy atom. The van der Waals surface area contributed by atoms with Crippen molar-refractivity contribution in [1.29, 1.82) is 0 Å². The van der Waals surface area contributed by atoms with E-state index >= 15 is 0 Å². The number of hydrogen-bond acceptors (Lipinski definition) is 5. The van der Waals surface area contributed by atoms with E-state index in [0.29, 0.717) is 6.42 Å². The molecule has 0 saturated carbocycles. The molecule has 5 heteroatoms. The molecule has 1 N–H and O–H groups in total. The van der Waals surface area contributed by atoms with Crippen LogP contribution in [0.25, 0.3) is 0 Å². The van der Waals surface area contributed by atoms with E-state index in [1.807, 2.05) is 119 Å². The average molecular weight is 545 g/mol. The van der Waals surface area contributed by atoms with Crippen LogP contribution in [0.4, 0.5) is 0 Å². The molecule has 0 amide bonds. The predicted octanol–water partition coefficient (Wildman–Crippen LogP) is 7.10. The quantitative estimate of drug-likeness (QED) is 0.218. The van der Waals surface area contributed by atoms with E-state index in [1.54, 1.807) is 20.8 Å². The topological polar surface area (TPSA) is 72.8 Å². The summed E-state index contributed by atoms with van der Waals surface area (Å²) in [5.41, 5.74) is 0.113. The molecule has 3 atom stereocenters. The van der Waals surface area contributed by atoms with Gasteiger partial charge in [-0.05, 0) is 71.1 Å². The normalized spacial score (nSPS) is 14.6. The lowest BCUT2D eigenvalue weighted by molar-refractivity contribution is -0.169. The fourth-order valence-corrected chi connectivity index (χ4v) is 5.36. The highest BCUT2D eigenvalue weighted by Crippen LogP contribution is 2.49. The van der Waals surface area contributed by atoms with Gasteiger partial charge in [0.1, 0.15) is 11.2 Å². The molecule has 40 heavy (non-hydrogen) atoms. The summed E-state index contributed by atoms with van der Waals surface area (Å²) in [6.07, 6.45) is -0.642. The summed E-state index contributed by atoms with van der Waals surface area (Å²) in [5.74, 6) is -2.80. The first-order valence-electron chi connectivity index (χ1n) is 14.1. The van der Waals surface area contributed by atoms with Gasteiger partial charge in [0, 0.05) is 0 Å². The summed E-state index contributed by atoms with van der Waals surface area (Å²) in [7, 11) is 0. The fourth-order valence-electron chi connectivity index (χ4n) is 5.36. The van der Waals surface area contributed by atoms with Crippen LogP contribution >= 0.6 is 0 Å². The Kier molecular flexibility index (Phi) is 9.96. The van der Waals surface area contributed by atoms with Crippen LogP contribution in [0.15, 0.2) is 91.0 Å². The van der Waals surface area contributed by atoms with E-state index in [2.05, 4.69) is 0 Å². The average Bonchev–Trinajstić information content (AvgIpc) is 2.90. The molecule has 0 aliphatic carbocycles. The van der Waals surface area contributed by atoms with Crippen LogP contribution in [0.2, 0.25) is 0 Å². The lowest BCUT2D eigenvalue weighted by Gasteiger charge is -2.43. The lowest BCUT2D eigenvalue weighted by atomic mass is 9.59. The fraction of sp³-hybridized carbons (Fsp3) is 0.429. The maximum Gasteiger partial charge on any atom is 0.312 e. The van der Waals surface area contributed by atoms with E-state index < -0.39 is 46.5 Å². The number of benzene rings is 3. The van der Waals surface area contributed by atoms with Gasteiger partial charge in [-0.25, -0.2) is 0 Å². The second kappa shape index (κ2) is 12.8. The number of carbonyl (C=O) groups excluding carboxylic acids is 2. The summed E-state index contributed by atoms with van der Waals surface area (Å²) < 4.78 is 11.9. The number of rotatable bonds is 10. The first-order chi connectivity index (χ1) is 18.8. The smallest absolute Gasteiger partial charge is 0.312 e. The van der Waals surface area contributed by atoms with Crippen LogP contribution < -0.4 is 0 Å². The van der Waals surface area contributed by atoms with Crippen LogP contribution in [0.5, 0.6) is 0 Å². The van der Waals surface area contributed by atoms with E-state index in [-0.39, 0.29) is 6.42 Å². The van der Waals surface area contributed by atoms with Crippen LogP contribution in [0.3, 0.4) is 0 Å². The number of aliphatic hydroxyl groups excluding tert-OH is 1. The van der Waals surface area contributed by atoms with Crippen molar-refractivity contribution in [3.8, 4) is 0 Å². The van der Waals surface area contributed by atoms with Gasteiger partial charge in [0.05, 0.1) is 23.4 Å². The zero-order chi connectivity index (χ0) is 29.6. The number of ether oxygens (including phenoxy) is 2. The van der Waals surface area contributed by atoms with Crippen LogP contribution in [-0.2, 0) is 24.5 Å². The molecule has 0 spiro atoms. The van der Waals surface area contributed by atoms with Crippen molar-refractivity contribution < 1.29 is 24.2 Å². The first-order valence-corrected chi connectivity index (χ1v) is 14.1. The second-order valence-electron chi connectivity index (χ2n) is 12.3. The Balaban J connectivity index is 2.39. The molecular weight excluding hydrogens is 500 g/mol. The number of aliphatic hydroxyl groups is 1. The molecule has 0 radical (unpaired) electrons. The molecule has 0 fully saturated rings. The Hall–Kier alpha value is -3.44. The Morgan fingerprint density at radius 1 is 0.650 bits per heavy atom. The highest BCUT2D eigenvalue weighted by molar-refractivity contribution is 5.80. The minimum atomic E-state index is -1.03. The predicted molar refractivity (Wildman–Crippen MR) is 159 cm³/mol. The molecule has 0 aromatic heterocycles. The maximum atomic E-state index is 14.4. The van der Waals surface area contributed by atoms with Crippen LogP contribution in [-0.4, -0.2) is 34.4 Å². The summed E-state index contributed by atoms with van der Waals surface area (Å²) in [5, 5.41) is 11.2. The van der Waals surface area contributed by atoms with Gasteiger partial charge in [-0.15, -0.1) is 0 Å². The van der Waals surface area contributed by atoms with Crippen molar-refractivity contribution in [2.24, 2.45) is 11.8 Å². The van der Waals surface area contributed by atoms with E-state index in [9.17, 15) is 14.7 Å². The number of esters is 2. The molecule has 0 saturated heterocycles. The second-order valence-corrected chi connectivity index (χ2v) is 12.3. The molecule has 3 aromatic carbocycles. The zero-order valence-electron chi connectivity index (χ0n) is 24.9. The minimum Gasteiger partial charge on any atom is -0.460 e. The van der Waals surface area contributed by atoms with E-state index in [4.69, 9.17) is 9.47 Å². The summed E-state index contributed by atoms with van der Waals surface area (Å²) in [6, 6.07) is 29.6. The van der Waals surface area contributed by atoms with Crippen molar-refractivity contribution in [2.45, 2.75) is 84.0 Å². The van der Waals surface area contributed by atoms with Gasteiger partial charge in [0.2, 0.25) is 0 Å². The highest BCUT2D eigenvalue weighted by atomic mass is 16.6. The molecule has 5 nitrogen and oxygen atoms in total.